The molecule has 0 bridgehead atoms. The van der Waals surface area contributed by atoms with Crippen LogP contribution < -0.4 is 5.73 Å². The van der Waals surface area contributed by atoms with Crippen molar-refractivity contribution in [1.29, 1.82) is 0 Å². The van der Waals surface area contributed by atoms with Gasteiger partial charge in [-0.1, -0.05) is 32.4 Å². The van der Waals surface area contributed by atoms with E-state index in [1.54, 1.807) is 24.3 Å². The van der Waals surface area contributed by atoms with Crippen molar-refractivity contribution in [2.45, 2.75) is 39.2 Å². The molecule has 0 aromatic heterocycles. The molecule has 1 aromatic rings. The molecule has 19 heavy (non-hydrogen) atoms. The van der Waals surface area contributed by atoms with Crippen molar-refractivity contribution in [1.82, 2.24) is 0 Å². The zero-order valence-electron chi connectivity index (χ0n) is 11.6. The molecule has 3 N–H and O–H groups in total. The van der Waals surface area contributed by atoms with Crippen LogP contribution in [0.5, 0.6) is 5.75 Å². The van der Waals surface area contributed by atoms with Crippen molar-refractivity contribution in [3.8, 4) is 5.75 Å². The number of phenols is 1. The predicted molar refractivity (Wildman–Crippen MR) is 74.8 cm³/mol. The minimum atomic E-state index is -0.654. The summed E-state index contributed by atoms with van der Waals surface area (Å²) in [6.07, 6.45) is 2.54. The molecule has 0 amide bonds. The van der Waals surface area contributed by atoms with Crippen LogP contribution in [-0.4, -0.2) is 23.7 Å². The number of esters is 1. The van der Waals surface area contributed by atoms with Gasteiger partial charge < -0.3 is 15.6 Å². The first kappa shape index (κ1) is 15.5. The Morgan fingerprint density at radius 3 is 2.58 bits per heavy atom. The van der Waals surface area contributed by atoms with E-state index in [1.807, 2.05) is 0 Å². The summed E-state index contributed by atoms with van der Waals surface area (Å²) in [4.78, 5) is 11.7. The summed E-state index contributed by atoms with van der Waals surface area (Å²) in [7, 11) is 0. The Balaban J connectivity index is 2.38. The van der Waals surface area contributed by atoms with Gasteiger partial charge in [0.15, 0.2) is 0 Å². The van der Waals surface area contributed by atoms with Gasteiger partial charge in [0, 0.05) is 0 Å². The topological polar surface area (TPSA) is 72.5 Å². The van der Waals surface area contributed by atoms with Gasteiger partial charge in [0.05, 0.1) is 6.61 Å². The van der Waals surface area contributed by atoms with Crippen molar-refractivity contribution >= 4 is 5.97 Å². The molecular weight excluding hydrogens is 242 g/mol. The summed E-state index contributed by atoms with van der Waals surface area (Å²) in [5.74, 6) is 0.208. The van der Waals surface area contributed by atoms with Crippen LogP contribution in [0.2, 0.25) is 0 Å². The van der Waals surface area contributed by atoms with Crippen LogP contribution in [0.15, 0.2) is 24.3 Å². The van der Waals surface area contributed by atoms with E-state index in [2.05, 4.69) is 13.8 Å². The lowest BCUT2D eigenvalue weighted by atomic mass is 10.1. The van der Waals surface area contributed by atoms with E-state index >= 15 is 0 Å². The van der Waals surface area contributed by atoms with Crippen LogP contribution in [0, 0.1) is 5.92 Å². The molecule has 1 rings (SSSR count). The molecular formula is C15H23NO3. The highest BCUT2D eigenvalue weighted by molar-refractivity contribution is 5.75. The normalized spacial score (nSPS) is 13.8. The third-order valence-electron chi connectivity index (χ3n) is 2.99. The Labute approximate surface area is 114 Å². The Hall–Kier alpha value is -1.55. The van der Waals surface area contributed by atoms with Crippen LogP contribution >= 0.6 is 0 Å². The molecule has 4 heteroatoms. The molecule has 0 heterocycles. The fourth-order valence-electron chi connectivity index (χ4n) is 1.88. The van der Waals surface area contributed by atoms with Gasteiger partial charge in [0.25, 0.3) is 0 Å². The largest absolute Gasteiger partial charge is 0.508 e. The number of hydrogen-bond acceptors (Lipinski definition) is 4. The highest BCUT2D eigenvalue weighted by Crippen LogP contribution is 2.11. The standard InChI is InChI=1S/C15H23NO3/c1-3-4-11(2)10-19-15(18)14(16)9-12-5-7-13(17)8-6-12/h5-8,11,14,17H,3-4,9-10,16H2,1-2H3/t11?,14-/m0/s1. The molecule has 2 atom stereocenters. The molecule has 0 aliphatic heterocycles. The van der Waals surface area contributed by atoms with Gasteiger partial charge in [-0.2, -0.15) is 0 Å². The van der Waals surface area contributed by atoms with Crippen LogP contribution in [-0.2, 0) is 16.0 Å². The Morgan fingerprint density at radius 1 is 1.37 bits per heavy atom. The number of hydrogen-bond donors (Lipinski definition) is 2. The van der Waals surface area contributed by atoms with E-state index in [4.69, 9.17) is 10.5 Å². The zero-order chi connectivity index (χ0) is 14.3. The highest BCUT2D eigenvalue weighted by Gasteiger charge is 2.16. The van der Waals surface area contributed by atoms with E-state index in [9.17, 15) is 9.90 Å². The molecule has 0 fully saturated rings. The molecule has 1 aromatic carbocycles. The van der Waals surface area contributed by atoms with Crippen molar-refractivity contribution < 1.29 is 14.6 Å². The lowest BCUT2D eigenvalue weighted by Gasteiger charge is -2.14. The first-order valence-corrected chi connectivity index (χ1v) is 6.73. The summed E-state index contributed by atoms with van der Waals surface area (Å²) in [5, 5.41) is 9.17. The van der Waals surface area contributed by atoms with Crippen LogP contribution in [0.3, 0.4) is 0 Å². The van der Waals surface area contributed by atoms with Crippen molar-refractivity contribution in [2.75, 3.05) is 6.61 Å². The molecule has 0 spiro atoms. The molecule has 4 nitrogen and oxygen atoms in total. The number of carbonyl (C=O) groups excluding carboxylic acids is 1. The fraction of sp³-hybridized carbons (Fsp3) is 0.533. The molecule has 1 unspecified atom stereocenters. The van der Waals surface area contributed by atoms with Crippen molar-refractivity contribution in [3.63, 3.8) is 0 Å². The lowest BCUT2D eigenvalue weighted by molar-refractivity contribution is -0.146. The first-order valence-electron chi connectivity index (χ1n) is 6.73. The summed E-state index contributed by atoms with van der Waals surface area (Å²) in [6, 6.07) is 6.01. The maximum absolute atomic E-state index is 11.7. The quantitative estimate of drug-likeness (QED) is 0.742. The van der Waals surface area contributed by atoms with Crippen molar-refractivity contribution in [2.24, 2.45) is 11.7 Å². The van der Waals surface area contributed by atoms with E-state index in [0.29, 0.717) is 18.9 Å². The number of nitrogens with two attached hydrogens (primary N) is 1. The van der Waals surface area contributed by atoms with Crippen LogP contribution in [0.4, 0.5) is 0 Å². The number of ether oxygens (including phenoxy) is 1. The SMILES string of the molecule is CCCC(C)COC(=O)[C@@H](N)Cc1ccc(O)cc1. The van der Waals surface area contributed by atoms with Gasteiger partial charge in [-0.25, -0.2) is 0 Å². The second-order valence-electron chi connectivity index (χ2n) is 5.00. The Bertz CT molecular complexity index is 389. The third-order valence-corrected chi connectivity index (χ3v) is 2.99. The maximum Gasteiger partial charge on any atom is 0.323 e. The molecule has 0 aliphatic carbocycles. The summed E-state index contributed by atoms with van der Waals surface area (Å²) < 4.78 is 5.20. The summed E-state index contributed by atoms with van der Waals surface area (Å²) >= 11 is 0. The minimum absolute atomic E-state index is 0.202. The number of phenolic OH excluding ortho intramolecular Hbond substituents is 1. The van der Waals surface area contributed by atoms with Crippen molar-refractivity contribution in [3.05, 3.63) is 29.8 Å². The first-order chi connectivity index (χ1) is 9.02. The van der Waals surface area contributed by atoms with Gasteiger partial charge in [-0.05, 0) is 36.5 Å². The molecule has 0 aliphatic rings. The number of rotatable bonds is 7. The minimum Gasteiger partial charge on any atom is -0.508 e. The number of benzene rings is 1. The monoisotopic (exact) mass is 265 g/mol. The molecule has 0 saturated carbocycles. The Kier molecular flexibility index (Phi) is 6.36. The van der Waals surface area contributed by atoms with Gasteiger partial charge in [-0.3, -0.25) is 4.79 Å². The predicted octanol–water partition coefficient (Wildman–Crippen LogP) is 2.24. The van der Waals surface area contributed by atoms with E-state index in [1.165, 1.54) is 0 Å². The van der Waals surface area contributed by atoms with Gasteiger partial charge in [0.2, 0.25) is 0 Å². The second kappa shape index (κ2) is 7.79. The van der Waals surface area contributed by atoms with Gasteiger partial charge >= 0.3 is 5.97 Å². The van der Waals surface area contributed by atoms with E-state index < -0.39 is 6.04 Å². The van der Waals surface area contributed by atoms with Gasteiger partial charge in [-0.15, -0.1) is 0 Å². The van der Waals surface area contributed by atoms with Crippen LogP contribution in [0.1, 0.15) is 32.3 Å². The molecule has 106 valence electrons. The van der Waals surface area contributed by atoms with Gasteiger partial charge in [0.1, 0.15) is 11.8 Å². The summed E-state index contributed by atoms with van der Waals surface area (Å²) in [5.41, 5.74) is 6.72. The second-order valence-corrected chi connectivity index (χ2v) is 5.00. The average molecular weight is 265 g/mol. The maximum atomic E-state index is 11.7. The van der Waals surface area contributed by atoms with Crippen LogP contribution in [0.25, 0.3) is 0 Å². The zero-order valence-corrected chi connectivity index (χ0v) is 11.6. The fourth-order valence-corrected chi connectivity index (χ4v) is 1.88. The Morgan fingerprint density at radius 2 is 2.00 bits per heavy atom. The summed E-state index contributed by atoms with van der Waals surface area (Å²) in [6.45, 7) is 4.59. The molecule has 0 radical (unpaired) electrons. The van der Waals surface area contributed by atoms with E-state index in [0.717, 1.165) is 18.4 Å². The average Bonchev–Trinajstić information content (AvgIpc) is 2.39. The smallest absolute Gasteiger partial charge is 0.323 e. The lowest BCUT2D eigenvalue weighted by Crippen LogP contribution is -2.35. The number of carbonyl (C=O) groups is 1. The third kappa shape index (κ3) is 5.75. The highest BCUT2D eigenvalue weighted by atomic mass is 16.5. The van der Waals surface area contributed by atoms with E-state index in [-0.39, 0.29) is 11.7 Å². The molecule has 0 saturated heterocycles. The number of aromatic hydroxyl groups is 1.